The molecular formula is C18H21FN2O2. The zero-order valence-corrected chi connectivity index (χ0v) is 13.5. The molecule has 0 spiro atoms. The summed E-state index contributed by atoms with van der Waals surface area (Å²) in [5.41, 5.74) is 1.79. The van der Waals surface area contributed by atoms with Crippen LogP contribution < -0.4 is 0 Å². The minimum atomic E-state index is -0.320. The van der Waals surface area contributed by atoms with Crippen molar-refractivity contribution in [2.24, 2.45) is 0 Å². The quantitative estimate of drug-likeness (QED) is 0.872. The zero-order valence-electron chi connectivity index (χ0n) is 13.5. The predicted octanol–water partition coefficient (Wildman–Crippen LogP) is 3.32. The number of amides is 1. The molecule has 0 unspecified atom stereocenters. The molecule has 2 aromatic rings. The van der Waals surface area contributed by atoms with Gasteiger partial charge < -0.3 is 9.64 Å². The van der Waals surface area contributed by atoms with Gasteiger partial charge in [0.15, 0.2) is 0 Å². The molecule has 0 saturated carbocycles. The summed E-state index contributed by atoms with van der Waals surface area (Å²) < 4.78 is 19.0. The minimum absolute atomic E-state index is 0.0226. The highest BCUT2D eigenvalue weighted by atomic mass is 19.1. The number of halogens is 1. The van der Waals surface area contributed by atoms with Gasteiger partial charge in [0.25, 0.3) is 5.91 Å². The molecule has 23 heavy (non-hydrogen) atoms. The number of hydrogen-bond donors (Lipinski definition) is 0. The minimum Gasteiger partial charge on any atom is -0.377 e. The van der Waals surface area contributed by atoms with Crippen LogP contribution in [0.3, 0.4) is 0 Å². The average Bonchev–Trinajstić information content (AvgIpc) is 2.54. The van der Waals surface area contributed by atoms with E-state index in [1.165, 1.54) is 12.1 Å². The summed E-state index contributed by atoms with van der Waals surface area (Å²) in [6, 6.07) is 6.25. The van der Waals surface area contributed by atoms with Gasteiger partial charge in [-0.25, -0.2) is 4.39 Å². The van der Waals surface area contributed by atoms with Crippen molar-refractivity contribution < 1.29 is 13.9 Å². The van der Waals surface area contributed by atoms with Crippen molar-refractivity contribution in [2.45, 2.75) is 32.8 Å². The third-order valence-electron chi connectivity index (χ3n) is 4.27. The van der Waals surface area contributed by atoms with Gasteiger partial charge in [0.1, 0.15) is 5.82 Å². The maximum Gasteiger partial charge on any atom is 0.255 e. The van der Waals surface area contributed by atoms with Crippen molar-refractivity contribution in [1.82, 2.24) is 9.88 Å². The monoisotopic (exact) mass is 316 g/mol. The number of nitrogens with zero attached hydrogens (tertiary/aromatic N) is 2. The standard InChI is InChI=1S/C18H21FN2O2/c1-3-23-15-5-4-8-21(11-15)18(22)16-9-13-6-7-14(19)10-17(13)20-12(16)2/h6-7,9-10,15H,3-5,8,11H2,1-2H3/t15-/m0/s1. The van der Waals surface area contributed by atoms with Gasteiger partial charge >= 0.3 is 0 Å². The molecule has 5 heteroatoms. The van der Waals surface area contributed by atoms with Crippen LogP contribution in [0.1, 0.15) is 35.8 Å². The maximum atomic E-state index is 13.3. The van der Waals surface area contributed by atoms with Gasteiger partial charge in [0.05, 0.1) is 22.9 Å². The molecule has 1 atom stereocenters. The molecule has 0 aliphatic carbocycles. The van der Waals surface area contributed by atoms with Crippen LogP contribution in [0, 0.1) is 12.7 Å². The second kappa shape index (κ2) is 6.62. The maximum absolute atomic E-state index is 13.3. The summed E-state index contributed by atoms with van der Waals surface area (Å²) in [5.74, 6) is -0.343. The summed E-state index contributed by atoms with van der Waals surface area (Å²) in [6.07, 6.45) is 2.05. The lowest BCUT2D eigenvalue weighted by molar-refractivity contribution is 0.00720. The molecule has 0 radical (unpaired) electrons. The van der Waals surface area contributed by atoms with E-state index in [-0.39, 0.29) is 17.8 Å². The van der Waals surface area contributed by atoms with Crippen LogP contribution in [0.15, 0.2) is 24.3 Å². The van der Waals surface area contributed by atoms with E-state index < -0.39 is 0 Å². The fourth-order valence-corrected chi connectivity index (χ4v) is 3.12. The van der Waals surface area contributed by atoms with Crippen LogP contribution in [0.4, 0.5) is 4.39 Å². The second-order valence-electron chi connectivity index (χ2n) is 5.93. The van der Waals surface area contributed by atoms with E-state index in [2.05, 4.69) is 4.98 Å². The third kappa shape index (κ3) is 3.34. The van der Waals surface area contributed by atoms with Crippen LogP contribution in [-0.2, 0) is 4.74 Å². The molecule has 1 aliphatic heterocycles. The van der Waals surface area contributed by atoms with Crippen molar-refractivity contribution in [3.8, 4) is 0 Å². The Balaban J connectivity index is 1.88. The first-order chi connectivity index (χ1) is 11.1. The Bertz CT molecular complexity index is 730. The Morgan fingerprint density at radius 1 is 1.43 bits per heavy atom. The number of likely N-dealkylation sites (tertiary alicyclic amines) is 1. The Morgan fingerprint density at radius 3 is 3.04 bits per heavy atom. The van der Waals surface area contributed by atoms with Crippen molar-refractivity contribution in [3.63, 3.8) is 0 Å². The molecule has 122 valence electrons. The van der Waals surface area contributed by atoms with Gasteiger partial charge in [-0.15, -0.1) is 0 Å². The van der Waals surface area contributed by atoms with Gasteiger partial charge in [-0.2, -0.15) is 0 Å². The number of aromatic nitrogens is 1. The zero-order chi connectivity index (χ0) is 16.4. The number of pyridine rings is 1. The first kappa shape index (κ1) is 15.9. The second-order valence-corrected chi connectivity index (χ2v) is 5.93. The largest absolute Gasteiger partial charge is 0.377 e. The van der Waals surface area contributed by atoms with Crippen LogP contribution in [0.2, 0.25) is 0 Å². The molecular weight excluding hydrogens is 295 g/mol. The van der Waals surface area contributed by atoms with E-state index in [0.717, 1.165) is 24.8 Å². The van der Waals surface area contributed by atoms with Crippen LogP contribution in [0.25, 0.3) is 10.9 Å². The van der Waals surface area contributed by atoms with E-state index in [4.69, 9.17) is 4.74 Å². The SMILES string of the molecule is CCO[C@H]1CCCN(C(=O)c2cc3ccc(F)cc3nc2C)C1. The lowest BCUT2D eigenvalue weighted by Gasteiger charge is -2.32. The summed E-state index contributed by atoms with van der Waals surface area (Å²) in [7, 11) is 0. The summed E-state index contributed by atoms with van der Waals surface area (Å²) in [5, 5.41) is 0.777. The fourth-order valence-electron chi connectivity index (χ4n) is 3.12. The predicted molar refractivity (Wildman–Crippen MR) is 87.0 cm³/mol. The summed E-state index contributed by atoms with van der Waals surface area (Å²) >= 11 is 0. The molecule has 0 bridgehead atoms. The van der Waals surface area contributed by atoms with E-state index in [1.54, 1.807) is 13.0 Å². The number of hydrogen-bond acceptors (Lipinski definition) is 3. The number of piperidine rings is 1. The molecule has 1 aliphatic rings. The highest BCUT2D eigenvalue weighted by Gasteiger charge is 2.26. The lowest BCUT2D eigenvalue weighted by atomic mass is 10.0. The summed E-state index contributed by atoms with van der Waals surface area (Å²) in [4.78, 5) is 19.1. The molecule has 0 N–H and O–H groups in total. The number of ether oxygens (including phenoxy) is 1. The molecule has 2 heterocycles. The van der Waals surface area contributed by atoms with E-state index in [0.29, 0.717) is 29.9 Å². The van der Waals surface area contributed by atoms with Crippen LogP contribution in [-0.4, -0.2) is 41.6 Å². The number of aryl methyl sites for hydroxylation is 1. The first-order valence-electron chi connectivity index (χ1n) is 8.06. The lowest BCUT2D eigenvalue weighted by Crippen LogP contribution is -2.43. The number of rotatable bonds is 3. The smallest absolute Gasteiger partial charge is 0.255 e. The Morgan fingerprint density at radius 2 is 2.26 bits per heavy atom. The number of carbonyl (C=O) groups is 1. The number of carbonyl (C=O) groups excluding carboxylic acids is 1. The van der Waals surface area contributed by atoms with Crippen molar-refractivity contribution in [2.75, 3.05) is 19.7 Å². The molecule has 1 amide bonds. The Kier molecular flexibility index (Phi) is 4.57. The van der Waals surface area contributed by atoms with Crippen LogP contribution in [0.5, 0.6) is 0 Å². The van der Waals surface area contributed by atoms with Gasteiger partial charge in [-0.05, 0) is 44.9 Å². The Labute approximate surface area is 135 Å². The number of fused-ring (bicyclic) bond motifs is 1. The van der Waals surface area contributed by atoms with Gasteiger partial charge in [0, 0.05) is 31.1 Å². The topological polar surface area (TPSA) is 42.4 Å². The molecule has 1 aromatic heterocycles. The van der Waals surface area contributed by atoms with Crippen molar-refractivity contribution in [1.29, 1.82) is 0 Å². The van der Waals surface area contributed by atoms with E-state index in [1.807, 2.05) is 17.9 Å². The molecule has 1 fully saturated rings. The number of benzene rings is 1. The van der Waals surface area contributed by atoms with Crippen molar-refractivity contribution in [3.05, 3.63) is 41.3 Å². The highest BCUT2D eigenvalue weighted by molar-refractivity contribution is 5.98. The van der Waals surface area contributed by atoms with Gasteiger partial charge in [-0.1, -0.05) is 0 Å². The molecule has 4 nitrogen and oxygen atoms in total. The Hall–Kier alpha value is -2.01. The highest BCUT2D eigenvalue weighted by Crippen LogP contribution is 2.21. The molecule has 1 aromatic carbocycles. The van der Waals surface area contributed by atoms with Gasteiger partial charge in [0.2, 0.25) is 0 Å². The van der Waals surface area contributed by atoms with Crippen molar-refractivity contribution >= 4 is 16.8 Å². The molecule has 3 rings (SSSR count). The summed E-state index contributed by atoms with van der Waals surface area (Å²) in [6.45, 7) is 5.78. The fraction of sp³-hybridized carbons (Fsp3) is 0.444. The normalized spacial score (nSPS) is 18.4. The first-order valence-corrected chi connectivity index (χ1v) is 8.06. The van der Waals surface area contributed by atoms with Crippen LogP contribution >= 0.6 is 0 Å². The third-order valence-corrected chi connectivity index (χ3v) is 4.27. The van der Waals surface area contributed by atoms with E-state index in [9.17, 15) is 9.18 Å². The van der Waals surface area contributed by atoms with E-state index >= 15 is 0 Å². The molecule has 1 saturated heterocycles. The van der Waals surface area contributed by atoms with Gasteiger partial charge in [-0.3, -0.25) is 9.78 Å². The average molecular weight is 316 g/mol.